The van der Waals surface area contributed by atoms with E-state index >= 15 is 0 Å². The molecule has 1 amide bonds. The van der Waals surface area contributed by atoms with Crippen LogP contribution in [0.4, 0.5) is 5.69 Å². The first-order valence-corrected chi connectivity index (χ1v) is 12.7. The van der Waals surface area contributed by atoms with Crippen molar-refractivity contribution in [1.29, 1.82) is 0 Å². The molecule has 0 aliphatic rings. The van der Waals surface area contributed by atoms with Gasteiger partial charge in [-0.05, 0) is 50.6 Å². The van der Waals surface area contributed by atoms with Crippen molar-refractivity contribution in [2.24, 2.45) is 0 Å². The Balaban J connectivity index is 1.71. The summed E-state index contributed by atoms with van der Waals surface area (Å²) in [6.45, 7) is 8.84. The van der Waals surface area contributed by atoms with E-state index in [4.69, 9.17) is 4.74 Å². The molecule has 0 unspecified atom stereocenters. The minimum atomic E-state index is -3.69. The minimum absolute atomic E-state index is 0.121. The predicted molar refractivity (Wildman–Crippen MR) is 133 cm³/mol. The van der Waals surface area contributed by atoms with Gasteiger partial charge in [-0.15, -0.1) is 0 Å². The summed E-state index contributed by atoms with van der Waals surface area (Å²) in [6.07, 6.45) is 0. The highest BCUT2D eigenvalue weighted by atomic mass is 32.2. The van der Waals surface area contributed by atoms with Gasteiger partial charge in [0.05, 0.1) is 22.0 Å². The molecule has 0 fully saturated rings. The second kappa shape index (κ2) is 10.8. The zero-order valence-electron chi connectivity index (χ0n) is 20.5. The maximum Gasteiger partial charge on any atom is 0.342 e. The van der Waals surface area contributed by atoms with Gasteiger partial charge in [0.15, 0.2) is 6.61 Å². The second-order valence-corrected chi connectivity index (χ2v) is 9.89. The Bertz CT molecular complexity index is 1330. The lowest BCUT2D eigenvalue weighted by Crippen LogP contribution is -2.31. The number of esters is 1. The summed E-state index contributed by atoms with van der Waals surface area (Å²) in [5.74, 6) is -1.25. The molecule has 0 aliphatic carbocycles. The Morgan fingerprint density at radius 2 is 1.69 bits per heavy atom. The van der Waals surface area contributed by atoms with E-state index in [0.717, 1.165) is 5.69 Å². The molecular weight excluding hydrogens is 468 g/mol. The number of rotatable bonds is 9. The highest BCUT2D eigenvalue weighted by Gasteiger charge is 2.25. The van der Waals surface area contributed by atoms with Crippen molar-refractivity contribution >= 4 is 27.6 Å². The lowest BCUT2D eigenvalue weighted by Gasteiger charge is -2.20. The summed E-state index contributed by atoms with van der Waals surface area (Å²) in [6, 6.07) is 14.0. The standard InChI is InChI=1S/C25H30N4O5S/c1-6-28(7-2)35(32,33)22-15-20(14-13-17(22)3)26-23(30)16-34-25(31)24-18(4)27-29(19(24)5)21-11-9-8-10-12-21/h8-15H,6-7,16H2,1-5H3,(H,26,30). The third-order valence-electron chi connectivity index (χ3n) is 5.63. The van der Waals surface area contributed by atoms with Crippen LogP contribution in [0.3, 0.4) is 0 Å². The first-order chi connectivity index (χ1) is 16.6. The second-order valence-electron chi connectivity index (χ2n) is 7.99. The Morgan fingerprint density at radius 3 is 2.31 bits per heavy atom. The summed E-state index contributed by atoms with van der Waals surface area (Å²) in [5.41, 5.74) is 3.06. The van der Waals surface area contributed by atoms with Gasteiger partial charge in [-0.2, -0.15) is 9.40 Å². The maximum atomic E-state index is 12.9. The molecule has 1 heterocycles. The first-order valence-electron chi connectivity index (χ1n) is 11.3. The number of aromatic nitrogens is 2. The minimum Gasteiger partial charge on any atom is -0.452 e. The predicted octanol–water partition coefficient (Wildman–Crippen LogP) is 3.62. The van der Waals surface area contributed by atoms with Gasteiger partial charge < -0.3 is 10.1 Å². The van der Waals surface area contributed by atoms with Gasteiger partial charge in [0.2, 0.25) is 10.0 Å². The van der Waals surface area contributed by atoms with E-state index in [-0.39, 0.29) is 4.90 Å². The van der Waals surface area contributed by atoms with Crippen molar-refractivity contribution < 1.29 is 22.7 Å². The van der Waals surface area contributed by atoms with Gasteiger partial charge in [-0.25, -0.2) is 17.9 Å². The fourth-order valence-electron chi connectivity index (χ4n) is 3.82. The van der Waals surface area contributed by atoms with E-state index in [9.17, 15) is 18.0 Å². The Morgan fingerprint density at radius 1 is 1.03 bits per heavy atom. The normalized spacial score (nSPS) is 11.5. The number of benzene rings is 2. The lowest BCUT2D eigenvalue weighted by atomic mass is 10.2. The summed E-state index contributed by atoms with van der Waals surface area (Å²) in [5, 5.41) is 7.02. The fraction of sp³-hybridized carbons (Fsp3) is 0.320. The first kappa shape index (κ1) is 26.1. The van der Waals surface area contributed by atoms with Crippen LogP contribution in [0.2, 0.25) is 0 Å². The van der Waals surface area contributed by atoms with Gasteiger partial charge in [0, 0.05) is 18.8 Å². The number of nitrogens with one attached hydrogen (secondary N) is 1. The summed E-state index contributed by atoms with van der Waals surface area (Å²) in [4.78, 5) is 25.3. The van der Waals surface area contributed by atoms with Gasteiger partial charge in [-0.1, -0.05) is 38.1 Å². The van der Waals surface area contributed by atoms with E-state index in [0.29, 0.717) is 41.3 Å². The third-order valence-corrected chi connectivity index (χ3v) is 7.82. The number of carbonyl (C=O) groups excluding carboxylic acids is 2. The van der Waals surface area contributed by atoms with Crippen LogP contribution < -0.4 is 5.32 Å². The van der Waals surface area contributed by atoms with Crippen LogP contribution >= 0.6 is 0 Å². The van der Waals surface area contributed by atoms with E-state index in [1.165, 1.54) is 10.4 Å². The molecule has 0 saturated carbocycles. The third kappa shape index (κ3) is 5.60. The zero-order chi connectivity index (χ0) is 25.8. The average molecular weight is 499 g/mol. The quantitative estimate of drug-likeness (QED) is 0.451. The summed E-state index contributed by atoms with van der Waals surface area (Å²) in [7, 11) is -3.69. The van der Waals surface area contributed by atoms with Crippen LogP contribution in [0.5, 0.6) is 0 Å². The highest BCUT2D eigenvalue weighted by Crippen LogP contribution is 2.24. The van der Waals surface area contributed by atoms with Crippen LogP contribution in [0.25, 0.3) is 5.69 Å². The summed E-state index contributed by atoms with van der Waals surface area (Å²) >= 11 is 0. The number of ether oxygens (including phenoxy) is 1. The average Bonchev–Trinajstić information content (AvgIpc) is 3.13. The van der Waals surface area contributed by atoms with Crippen LogP contribution in [0.1, 0.15) is 41.2 Å². The number of hydrogen-bond acceptors (Lipinski definition) is 6. The molecule has 35 heavy (non-hydrogen) atoms. The molecule has 0 atom stereocenters. The number of hydrogen-bond donors (Lipinski definition) is 1. The van der Waals surface area contributed by atoms with E-state index in [2.05, 4.69) is 10.4 Å². The SMILES string of the molecule is CCN(CC)S(=O)(=O)c1cc(NC(=O)COC(=O)c2c(C)nn(-c3ccccc3)c2C)ccc1C. The highest BCUT2D eigenvalue weighted by molar-refractivity contribution is 7.89. The van der Waals surface area contributed by atoms with Gasteiger partial charge in [0.1, 0.15) is 5.56 Å². The molecule has 0 spiro atoms. The fourth-order valence-corrected chi connectivity index (χ4v) is 5.53. The van der Waals surface area contributed by atoms with Crippen molar-refractivity contribution in [1.82, 2.24) is 14.1 Å². The molecule has 186 valence electrons. The van der Waals surface area contributed by atoms with Crippen molar-refractivity contribution in [3.63, 3.8) is 0 Å². The maximum absolute atomic E-state index is 12.9. The number of carbonyl (C=O) groups is 2. The van der Waals surface area contributed by atoms with Crippen molar-refractivity contribution in [2.75, 3.05) is 25.0 Å². The molecular formula is C25H30N4O5S. The Labute approximate surface area is 205 Å². The Hall–Kier alpha value is -3.50. The van der Waals surface area contributed by atoms with Crippen LogP contribution in [0, 0.1) is 20.8 Å². The number of sulfonamides is 1. The number of para-hydroxylation sites is 1. The number of amides is 1. The van der Waals surface area contributed by atoms with Gasteiger partial charge in [0.25, 0.3) is 5.91 Å². The van der Waals surface area contributed by atoms with Crippen molar-refractivity contribution in [3.8, 4) is 5.69 Å². The van der Waals surface area contributed by atoms with Crippen molar-refractivity contribution in [2.45, 2.75) is 39.5 Å². The molecule has 0 saturated heterocycles. The van der Waals surface area contributed by atoms with Crippen LogP contribution in [-0.2, 0) is 19.6 Å². The van der Waals surface area contributed by atoms with E-state index in [1.54, 1.807) is 51.4 Å². The van der Waals surface area contributed by atoms with Crippen LogP contribution in [-0.4, -0.2) is 54.1 Å². The lowest BCUT2D eigenvalue weighted by molar-refractivity contribution is -0.119. The zero-order valence-corrected chi connectivity index (χ0v) is 21.3. The van der Waals surface area contributed by atoms with E-state index in [1.807, 2.05) is 30.3 Å². The molecule has 0 bridgehead atoms. The van der Waals surface area contributed by atoms with Gasteiger partial charge in [-0.3, -0.25) is 4.79 Å². The molecule has 1 aromatic heterocycles. The largest absolute Gasteiger partial charge is 0.452 e. The number of nitrogens with zero attached hydrogens (tertiary/aromatic N) is 3. The smallest absolute Gasteiger partial charge is 0.342 e. The van der Waals surface area contributed by atoms with Crippen LogP contribution in [0.15, 0.2) is 53.4 Å². The molecule has 0 radical (unpaired) electrons. The number of aryl methyl sites for hydroxylation is 2. The molecule has 3 rings (SSSR count). The van der Waals surface area contributed by atoms with Crippen molar-refractivity contribution in [3.05, 3.63) is 71.0 Å². The molecule has 10 heteroatoms. The van der Waals surface area contributed by atoms with Gasteiger partial charge >= 0.3 is 5.97 Å². The molecule has 3 aromatic rings. The molecule has 0 aliphatic heterocycles. The number of anilines is 1. The topological polar surface area (TPSA) is 111 Å². The summed E-state index contributed by atoms with van der Waals surface area (Å²) < 4.78 is 34.1. The monoisotopic (exact) mass is 498 g/mol. The molecule has 9 nitrogen and oxygen atoms in total. The molecule has 2 aromatic carbocycles. The Kier molecular flexibility index (Phi) is 8.08. The molecule has 1 N–H and O–H groups in total. The van der Waals surface area contributed by atoms with E-state index < -0.39 is 28.5 Å².